The number of pyridine rings is 1. The number of amides is 3. The van der Waals surface area contributed by atoms with Crippen LogP contribution in [0.2, 0.25) is 10.2 Å². The smallest absolute Gasteiger partial charge is 0.315 e. The SMILES string of the molecule is O=C(NCc1ccccc1Cl)NCC1CCC(CNC(=O)c2ccc(Cl)nc2)CC1. The van der Waals surface area contributed by atoms with Gasteiger partial charge >= 0.3 is 6.03 Å². The van der Waals surface area contributed by atoms with Crippen LogP contribution in [0.4, 0.5) is 4.79 Å². The Morgan fingerprint density at radius 1 is 0.900 bits per heavy atom. The van der Waals surface area contributed by atoms with E-state index in [-0.39, 0.29) is 11.9 Å². The number of aromatic nitrogens is 1. The van der Waals surface area contributed by atoms with Crippen molar-refractivity contribution in [2.24, 2.45) is 11.8 Å². The summed E-state index contributed by atoms with van der Waals surface area (Å²) in [4.78, 5) is 28.1. The summed E-state index contributed by atoms with van der Waals surface area (Å²) < 4.78 is 0. The third kappa shape index (κ3) is 6.89. The molecular formula is C22H26Cl2N4O2. The van der Waals surface area contributed by atoms with E-state index in [1.807, 2.05) is 24.3 Å². The van der Waals surface area contributed by atoms with Gasteiger partial charge in [0.25, 0.3) is 5.91 Å². The molecule has 1 aromatic heterocycles. The van der Waals surface area contributed by atoms with Crippen LogP contribution >= 0.6 is 23.2 Å². The van der Waals surface area contributed by atoms with E-state index >= 15 is 0 Å². The van der Waals surface area contributed by atoms with Gasteiger partial charge in [0.2, 0.25) is 0 Å². The molecule has 1 aliphatic carbocycles. The number of hydrogen-bond acceptors (Lipinski definition) is 3. The highest BCUT2D eigenvalue weighted by Gasteiger charge is 2.22. The fourth-order valence-electron chi connectivity index (χ4n) is 3.61. The van der Waals surface area contributed by atoms with Crippen LogP contribution in [-0.4, -0.2) is 30.0 Å². The van der Waals surface area contributed by atoms with E-state index in [0.717, 1.165) is 31.2 Å². The van der Waals surface area contributed by atoms with E-state index in [0.29, 0.717) is 47.2 Å². The van der Waals surface area contributed by atoms with Crippen LogP contribution in [0, 0.1) is 11.8 Å². The Kier molecular flexibility index (Phi) is 8.34. The second kappa shape index (κ2) is 11.2. The van der Waals surface area contributed by atoms with Crippen molar-refractivity contribution in [1.82, 2.24) is 20.9 Å². The third-order valence-corrected chi connectivity index (χ3v) is 6.05. The van der Waals surface area contributed by atoms with Gasteiger partial charge in [-0.15, -0.1) is 0 Å². The fraction of sp³-hybridized carbons (Fsp3) is 0.409. The lowest BCUT2D eigenvalue weighted by atomic mass is 9.82. The highest BCUT2D eigenvalue weighted by Crippen LogP contribution is 2.28. The number of rotatable bonds is 7. The van der Waals surface area contributed by atoms with E-state index in [4.69, 9.17) is 23.2 Å². The van der Waals surface area contributed by atoms with Crippen molar-refractivity contribution in [2.75, 3.05) is 13.1 Å². The maximum absolute atomic E-state index is 12.2. The van der Waals surface area contributed by atoms with Gasteiger partial charge in [0.15, 0.2) is 0 Å². The van der Waals surface area contributed by atoms with E-state index in [2.05, 4.69) is 20.9 Å². The summed E-state index contributed by atoms with van der Waals surface area (Å²) in [5.74, 6) is 0.793. The number of nitrogens with one attached hydrogen (secondary N) is 3. The molecule has 0 radical (unpaired) electrons. The number of urea groups is 1. The van der Waals surface area contributed by atoms with E-state index in [1.165, 1.54) is 6.20 Å². The molecule has 160 valence electrons. The van der Waals surface area contributed by atoms with Crippen molar-refractivity contribution in [3.63, 3.8) is 0 Å². The fourth-order valence-corrected chi connectivity index (χ4v) is 3.92. The zero-order valence-corrected chi connectivity index (χ0v) is 18.2. The molecule has 1 aromatic carbocycles. The molecule has 1 aliphatic rings. The molecule has 1 heterocycles. The van der Waals surface area contributed by atoms with Crippen molar-refractivity contribution < 1.29 is 9.59 Å². The first-order valence-corrected chi connectivity index (χ1v) is 10.9. The molecular weight excluding hydrogens is 423 g/mol. The van der Waals surface area contributed by atoms with Crippen LogP contribution in [-0.2, 0) is 6.54 Å². The Labute approximate surface area is 186 Å². The standard InChI is InChI=1S/C22H26Cl2N4O2/c23-19-4-2-1-3-17(19)13-28-22(30)27-12-16-7-5-15(6-8-16)11-26-21(29)18-9-10-20(24)25-14-18/h1-4,9-10,14-16H,5-8,11-13H2,(H,26,29)(H2,27,28,30). The number of carbonyl (C=O) groups excluding carboxylic acids is 2. The van der Waals surface area contributed by atoms with E-state index in [1.54, 1.807) is 12.1 Å². The topological polar surface area (TPSA) is 83.1 Å². The molecule has 2 aromatic rings. The number of benzene rings is 1. The monoisotopic (exact) mass is 448 g/mol. The van der Waals surface area contributed by atoms with Crippen LogP contribution in [0.25, 0.3) is 0 Å². The summed E-state index contributed by atoms with van der Waals surface area (Å²) in [5, 5.41) is 9.79. The number of hydrogen-bond donors (Lipinski definition) is 3. The molecule has 0 aliphatic heterocycles. The van der Waals surface area contributed by atoms with Crippen molar-refractivity contribution >= 4 is 35.1 Å². The summed E-state index contributed by atoms with van der Waals surface area (Å²) in [6, 6.07) is 10.6. The molecule has 1 saturated carbocycles. The minimum Gasteiger partial charge on any atom is -0.352 e. The van der Waals surface area contributed by atoms with Crippen LogP contribution in [0.1, 0.15) is 41.6 Å². The van der Waals surface area contributed by atoms with Crippen molar-refractivity contribution in [3.05, 3.63) is 63.9 Å². The summed E-state index contributed by atoms with van der Waals surface area (Å²) >= 11 is 11.8. The number of halogens is 2. The Morgan fingerprint density at radius 2 is 1.57 bits per heavy atom. The number of carbonyl (C=O) groups is 2. The third-order valence-electron chi connectivity index (χ3n) is 5.46. The summed E-state index contributed by atoms with van der Waals surface area (Å²) in [6.07, 6.45) is 5.62. The Bertz CT molecular complexity index is 852. The molecule has 0 atom stereocenters. The Morgan fingerprint density at radius 3 is 2.20 bits per heavy atom. The quantitative estimate of drug-likeness (QED) is 0.547. The summed E-state index contributed by atoms with van der Waals surface area (Å²) in [7, 11) is 0. The van der Waals surface area contributed by atoms with Gasteiger partial charge in [-0.1, -0.05) is 41.4 Å². The van der Waals surface area contributed by atoms with Crippen molar-refractivity contribution in [3.8, 4) is 0 Å². The van der Waals surface area contributed by atoms with E-state index in [9.17, 15) is 9.59 Å². The predicted octanol–water partition coefficient (Wildman–Crippen LogP) is 4.42. The maximum Gasteiger partial charge on any atom is 0.315 e. The van der Waals surface area contributed by atoms with E-state index < -0.39 is 0 Å². The number of nitrogens with zero attached hydrogens (tertiary/aromatic N) is 1. The van der Waals surface area contributed by atoms with Crippen LogP contribution in [0.3, 0.4) is 0 Å². The Balaban J connectivity index is 1.30. The first-order valence-electron chi connectivity index (χ1n) is 10.2. The van der Waals surface area contributed by atoms with Crippen molar-refractivity contribution in [1.29, 1.82) is 0 Å². The van der Waals surface area contributed by atoms with Crippen molar-refractivity contribution in [2.45, 2.75) is 32.2 Å². The molecule has 3 rings (SSSR count). The lowest BCUT2D eigenvalue weighted by Gasteiger charge is -2.28. The molecule has 3 N–H and O–H groups in total. The normalized spacial score (nSPS) is 18.5. The molecule has 0 spiro atoms. The van der Waals surface area contributed by atoms with Gasteiger partial charge in [-0.2, -0.15) is 0 Å². The second-order valence-corrected chi connectivity index (χ2v) is 8.42. The van der Waals surface area contributed by atoms with Gasteiger partial charge in [-0.25, -0.2) is 9.78 Å². The highest BCUT2D eigenvalue weighted by atomic mass is 35.5. The molecule has 0 unspecified atom stereocenters. The van der Waals surface area contributed by atoms with Gasteiger partial charge in [0.1, 0.15) is 5.15 Å². The second-order valence-electron chi connectivity index (χ2n) is 7.62. The lowest BCUT2D eigenvalue weighted by Crippen LogP contribution is -2.39. The van der Waals surface area contributed by atoms with Gasteiger partial charge in [-0.05, 0) is 61.3 Å². The maximum atomic E-state index is 12.2. The molecule has 3 amide bonds. The molecule has 1 fully saturated rings. The van der Waals surface area contributed by atoms with Gasteiger partial charge in [-0.3, -0.25) is 4.79 Å². The average molecular weight is 449 g/mol. The largest absolute Gasteiger partial charge is 0.352 e. The molecule has 0 bridgehead atoms. The predicted molar refractivity (Wildman–Crippen MR) is 119 cm³/mol. The lowest BCUT2D eigenvalue weighted by molar-refractivity contribution is 0.0941. The molecule has 0 saturated heterocycles. The average Bonchev–Trinajstić information content (AvgIpc) is 2.76. The van der Waals surface area contributed by atoms with Crippen LogP contribution in [0.5, 0.6) is 0 Å². The zero-order valence-electron chi connectivity index (χ0n) is 16.7. The van der Waals surface area contributed by atoms with Crippen LogP contribution < -0.4 is 16.0 Å². The van der Waals surface area contributed by atoms with Gasteiger partial charge < -0.3 is 16.0 Å². The molecule has 8 heteroatoms. The summed E-state index contributed by atoms with van der Waals surface area (Å²) in [6.45, 7) is 1.71. The Hall–Kier alpha value is -2.31. The minimum atomic E-state index is -0.180. The van der Waals surface area contributed by atoms with Crippen LogP contribution in [0.15, 0.2) is 42.6 Å². The van der Waals surface area contributed by atoms with Gasteiger partial charge in [0.05, 0.1) is 5.56 Å². The highest BCUT2D eigenvalue weighted by molar-refractivity contribution is 6.31. The first-order chi connectivity index (χ1) is 14.5. The van der Waals surface area contributed by atoms with Gasteiger partial charge in [0, 0.05) is 30.9 Å². The first kappa shape index (κ1) is 22.4. The summed E-state index contributed by atoms with van der Waals surface area (Å²) in [5.41, 5.74) is 1.41. The minimum absolute atomic E-state index is 0.127. The zero-order chi connectivity index (χ0) is 21.3. The molecule has 6 nitrogen and oxygen atoms in total. The molecule has 30 heavy (non-hydrogen) atoms.